The number of nitrogens with two attached hydrogens (primary N) is 1. The average molecular weight is 299 g/mol. The van der Waals surface area contributed by atoms with E-state index >= 15 is 0 Å². The van der Waals surface area contributed by atoms with Crippen LogP contribution in [-0.4, -0.2) is 17.7 Å². The Morgan fingerprint density at radius 1 is 1.23 bits per heavy atom. The van der Waals surface area contributed by atoms with Crippen LogP contribution in [0.2, 0.25) is 0 Å². The summed E-state index contributed by atoms with van der Waals surface area (Å²) in [6.07, 6.45) is 6.11. The number of nitrogen functional groups attached to an aromatic ring is 1. The van der Waals surface area contributed by atoms with Crippen LogP contribution in [-0.2, 0) is 4.79 Å². The van der Waals surface area contributed by atoms with Crippen molar-refractivity contribution in [3.8, 4) is 0 Å². The third-order valence-corrected chi connectivity index (χ3v) is 4.75. The first kappa shape index (κ1) is 15.1. The van der Waals surface area contributed by atoms with Gasteiger partial charge in [-0.2, -0.15) is 0 Å². The summed E-state index contributed by atoms with van der Waals surface area (Å²) in [5, 5.41) is 3.04. The molecule has 4 nitrogen and oxygen atoms in total. The molecule has 1 heterocycles. The SMILES string of the molecule is CC(C)[C@@H]1N=C(C2CCCCC2)c2cc(N)ccc2NC1=O. The van der Waals surface area contributed by atoms with Crippen molar-refractivity contribution in [3.05, 3.63) is 23.8 Å². The summed E-state index contributed by atoms with van der Waals surface area (Å²) in [7, 11) is 0. The highest BCUT2D eigenvalue weighted by atomic mass is 16.2. The van der Waals surface area contributed by atoms with Gasteiger partial charge in [-0.1, -0.05) is 33.1 Å². The Morgan fingerprint density at radius 3 is 2.64 bits per heavy atom. The molecule has 1 saturated carbocycles. The van der Waals surface area contributed by atoms with Crippen molar-refractivity contribution in [1.29, 1.82) is 0 Å². The van der Waals surface area contributed by atoms with Crippen LogP contribution in [0.4, 0.5) is 11.4 Å². The number of nitrogens with one attached hydrogen (secondary N) is 1. The maximum absolute atomic E-state index is 12.5. The van der Waals surface area contributed by atoms with Crippen molar-refractivity contribution in [2.75, 3.05) is 11.1 Å². The van der Waals surface area contributed by atoms with Gasteiger partial charge >= 0.3 is 0 Å². The molecule has 1 atom stereocenters. The summed E-state index contributed by atoms with van der Waals surface area (Å²) in [5.41, 5.74) is 9.66. The molecule has 3 N–H and O–H groups in total. The van der Waals surface area contributed by atoms with Gasteiger partial charge in [0.05, 0.1) is 5.69 Å². The predicted molar refractivity (Wildman–Crippen MR) is 91.2 cm³/mol. The number of amides is 1. The zero-order valence-corrected chi connectivity index (χ0v) is 13.4. The Kier molecular flexibility index (Phi) is 4.19. The topological polar surface area (TPSA) is 67.5 Å². The van der Waals surface area contributed by atoms with E-state index < -0.39 is 0 Å². The molecule has 1 aromatic rings. The second-order valence-electron chi connectivity index (χ2n) is 6.83. The van der Waals surface area contributed by atoms with Crippen molar-refractivity contribution in [3.63, 3.8) is 0 Å². The lowest BCUT2D eigenvalue weighted by Crippen LogP contribution is -2.30. The Morgan fingerprint density at radius 2 is 1.95 bits per heavy atom. The van der Waals surface area contributed by atoms with Gasteiger partial charge in [0.2, 0.25) is 5.91 Å². The van der Waals surface area contributed by atoms with E-state index in [1.807, 2.05) is 18.2 Å². The maximum Gasteiger partial charge on any atom is 0.249 e. The van der Waals surface area contributed by atoms with Crippen molar-refractivity contribution < 1.29 is 4.79 Å². The standard InChI is InChI=1S/C18H25N3O/c1-11(2)16-18(22)20-15-9-8-13(19)10-14(15)17(21-16)12-6-4-3-5-7-12/h8-12,16H,3-7,19H2,1-2H3,(H,20,22)/t16-/m0/s1. The lowest BCUT2D eigenvalue weighted by Gasteiger charge is -2.25. The molecular formula is C18H25N3O. The van der Waals surface area contributed by atoms with Gasteiger partial charge in [0, 0.05) is 22.9 Å². The molecule has 0 radical (unpaired) electrons. The first-order valence-electron chi connectivity index (χ1n) is 8.34. The molecule has 1 amide bonds. The van der Waals surface area contributed by atoms with E-state index in [0.717, 1.165) is 35.5 Å². The Balaban J connectivity index is 2.09. The Hall–Kier alpha value is -1.84. The fraction of sp³-hybridized carbons (Fsp3) is 0.556. The molecule has 0 spiro atoms. The van der Waals surface area contributed by atoms with Crippen LogP contribution in [0.3, 0.4) is 0 Å². The summed E-state index contributed by atoms with van der Waals surface area (Å²) >= 11 is 0. The van der Waals surface area contributed by atoms with E-state index in [9.17, 15) is 4.79 Å². The van der Waals surface area contributed by atoms with Gasteiger partial charge in [0.1, 0.15) is 6.04 Å². The number of anilines is 2. The molecule has 1 aromatic carbocycles. The van der Waals surface area contributed by atoms with Crippen molar-refractivity contribution >= 4 is 23.0 Å². The fourth-order valence-electron chi connectivity index (χ4n) is 3.52. The van der Waals surface area contributed by atoms with Crippen LogP contribution in [0, 0.1) is 11.8 Å². The number of carbonyl (C=O) groups is 1. The molecule has 3 rings (SSSR count). The van der Waals surface area contributed by atoms with Gasteiger partial charge in [-0.3, -0.25) is 9.79 Å². The summed E-state index contributed by atoms with van der Waals surface area (Å²) < 4.78 is 0. The molecular weight excluding hydrogens is 274 g/mol. The second-order valence-corrected chi connectivity index (χ2v) is 6.83. The van der Waals surface area contributed by atoms with Gasteiger partial charge < -0.3 is 11.1 Å². The molecule has 1 aliphatic carbocycles. The smallest absolute Gasteiger partial charge is 0.249 e. The van der Waals surface area contributed by atoms with E-state index in [0.29, 0.717) is 5.92 Å². The number of benzene rings is 1. The minimum absolute atomic E-state index is 0.00756. The molecule has 4 heteroatoms. The monoisotopic (exact) mass is 299 g/mol. The molecule has 1 aliphatic heterocycles. The number of benzodiazepines with no additional fused rings is 1. The van der Waals surface area contributed by atoms with Gasteiger partial charge in [-0.05, 0) is 37.0 Å². The molecule has 1 fully saturated rings. The molecule has 118 valence electrons. The predicted octanol–water partition coefficient (Wildman–Crippen LogP) is 3.61. The third kappa shape index (κ3) is 2.87. The number of aliphatic imine (C=N–C) groups is 1. The van der Waals surface area contributed by atoms with Gasteiger partial charge in [-0.15, -0.1) is 0 Å². The highest BCUT2D eigenvalue weighted by Gasteiger charge is 2.31. The molecule has 0 aromatic heterocycles. The highest BCUT2D eigenvalue weighted by molar-refractivity contribution is 6.13. The first-order valence-corrected chi connectivity index (χ1v) is 8.34. The minimum Gasteiger partial charge on any atom is -0.399 e. The van der Waals surface area contributed by atoms with Crippen molar-refractivity contribution in [1.82, 2.24) is 0 Å². The fourth-order valence-corrected chi connectivity index (χ4v) is 3.52. The third-order valence-electron chi connectivity index (χ3n) is 4.75. The summed E-state index contributed by atoms with van der Waals surface area (Å²) in [6.45, 7) is 4.10. The number of rotatable bonds is 2. The van der Waals surface area contributed by atoms with Crippen molar-refractivity contribution in [2.24, 2.45) is 16.8 Å². The van der Waals surface area contributed by atoms with E-state index in [1.54, 1.807) is 0 Å². The van der Waals surface area contributed by atoms with E-state index in [4.69, 9.17) is 10.7 Å². The molecule has 0 saturated heterocycles. The number of carbonyl (C=O) groups excluding carboxylic acids is 1. The summed E-state index contributed by atoms with van der Waals surface area (Å²) in [5.74, 6) is 0.625. The van der Waals surface area contributed by atoms with Crippen LogP contribution in [0.15, 0.2) is 23.2 Å². The van der Waals surface area contributed by atoms with Crippen LogP contribution in [0.25, 0.3) is 0 Å². The van der Waals surface area contributed by atoms with Crippen LogP contribution in [0.5, 0.6) is 0 Å². The zero-order chi connectivity index (χ0) is 15.7. The minimum atomic E-state index is -0.314. The second kappa shape index (κ2) is 6.11. The summed E-state index contributed by atoms with van der Waals surface area (Å²) in [6, 6.07) is 5.40. The first-order chi connectivity index (χ1) is 10.6. The highest BCUT2D eigenvalue weighted by Crippen LogP contribution is 2.33. The number of hydrogen-bond donors (Lipinski definition) is 2. The van der Waals surface area contributed by atoms with Crippen molar-refractivity contribution in [2.45, 2.75) is 52.0 Å². The molecule has 0 bridgehead atoms. The summed E-state index contributed by atoms with van der Waals surface area (Å²) in [4.78, 5) is 17.4. The van der Waals surface area contributed by atoms with Gasteiger partial charge in [0.25, 0.3) is 0 Å². The Labute approximate surface area is 132 Å². The van der Waals surface area contributed by atoms with E-state index in [2.05, 4.69) is 19.2 Å². The van der Waals surface area contributed by atoms with Crippen LogP contribution < -0.4 is 11.1 Å². The number of hydrogen-bond acceptors (Lipinski definition) is 3. The quantitative estimate of drug-likeness (QED) is 0.819. The van der Waals surface area contributed by atoms with Crippen LogP contribution >= 0.6 is 0 Å². The lowest BCUT2D eigenvalue weighted by molar-refractivity contribution is -0.118. The van der Waals surface area contributed by atoms with E-state index in [1.165, 1.54) is 19.3 Å². The van der Waals surface area contributed by atoms with E-state index in [-0.39, 0.29) is 17.9 Å². The number of nitrogens with zero attached hydrogens (tertiary/aromatic N) is 1. The zero-order valence-electron chi connectivity index (χ0n) is 13.4. The maximum atomic E-state index is 12.5. The van der Waals surface area contributed by atoms with Crippen LogP contribution in [0.1, 0.15) is 51.5 Å². The van der Waals surface area contributed by atoms with Gasteiger partial charge in [-0.25, -0.2) is 0 Å². The average Bonchev–Trinajstić information content (AvgIpc) is 2.64. The normalized spacial score (nSPS) is 22.8. The Bertz CT molecular complexity index is 600. The molecule has 22 heavy (non-hydrogen) atoms. The van der Waals surface area contributed by atoms with Gasteiger partial charge in [0.15, 0.2) is 0 Å². The lowest BCUT2D eigenvalue weighted by atomic mass is 9.82. The molecule has 2 aliphatic rings. The molecule has 0 unspecified atom stereocenters. The largest absolute Gasteiger partial charge is 0.399 e. The number of fused-ring (bicyclic) bond motifs is 1.